The monoisotopic (exact) mass is 315 g/mol. The molecule has 118 valence electrons. The van der Waals surface area contributed by atoms with Gasteiger partial charge in [-0.05, 0) is 44.4 Å². The zero-order valence-electron chi connectivity index (χ0n) is 12.4. The highest BCUT2D eigenvalue weighted by atomic mass is 32.2. The normalized spacial score (nSPS) is 13.0. The summed E-state index contributed by atoms with van der Waals surface area (Å²) in [4.78, 5) is 11.7. The van der Waals surface area contributed by atoms with E-state index in [9.17, 15) is 13.2 Å². The van der Waals surface area contributed by atoms with Crippen LogP contribution < -0.4 is 4.72 Å². The van der Waals surface area contributed by atoms with Gasteiger partial charge in [0, 0.05) is 12.6 Å². The highest BCUT2D eigenvalue weighted by molar-refractivity contribution is 7.89. The van der Waals surface area contributed by atoms with Crippen LogP contribution in [0.4, 0.5) is 0 Å². The van der Waals surface area contributed by atoms with E-state index in [1.54, 1.807) is 13.8 Å². The van der Waals surface area contributed by atoms with Crippen LogP contribution in [0, 0.1) is 6.92 Å². The number of methoxy groups -OCH3 is 1. The van der Waals surface area contributed by atoms with Crippen molar-refractivity contribution < 1.29 is 23.1 Å². The fraction of sp³-hybridized carbons (Fsp3) is 0.500. The summed E-state index contributed by atoms with van der Waals surface area (Å²) in [5.74, 6) is -0.571. The smallest absolute Gasteiger partial charge is 0.338 e. The minimum Gasteiger partial charge on any atom is -0.465 e. The van der Waals surface area contributed by atoms with E-state index in [0.29, 0.717) is 18.4 Å². The molecule has 1 rings (SSSR count). The predicted octanol–water partition coefficient (Wildman–Crippen LogP) is 1.22. The summed E-state index contributed by atoms with van der Waals surface area (Å²) in [7, 11) is -2.48. The molecule has 0 aromatic heterocycles. The number of esters is 1. The second kappa shape index (κ2) is 7.53. The number of carbonyl (C=O) groups is 1. The van der Waals surface area contributed by atoms with Crippen LogP contribution in [0.3, 0.4) is 0 Å². The molecule has 0 fully saturated rings. The standard InChI is InChI=1S/C14H21NO5S/c1-10(6-5-9-16)15-21(18,19)13-8-4-7-12(11(13)2)14(17)20-3/h4,7-8,10,15-16H,5-6,9H2,1-3H3/t10-/m1/s1. The molecular formula is C14H21NO5S. The number of ether oxygens (including phenoxy) is 1. The molecule has 0 spiro atoms. The molecule has 7 heteroatoms. The van der Waals surface area contributed by atoms with E-state index in [1.807, 2.05) is 0 Å². The average molecular weight is 315 g/mol. The number of aliphatic hydroxyl groups excluding tert-OH is 1. The van der Waals surface area contributed by atoms with Gasteiger partial charge in [-0.25, -0.2) is 17.9 Å². The minimum atomic E-state index is -3.72. The zero-order valence-corrected chi connectivity index (χ0v) is 13.2. The van der Waals surface area contributed by atoms with Gasteiger partial charge in [-0.15, -0.1) is 0 Å². The third-order valence-corrected chi connectivity index (χ3v) is 4.86. The van der Waals surface area contributed by atoms with Crippen LogP contribution in [0.1, 0.15) is 35.7 Å². The van der Waals surface area contributed by atoms with Gasteiger partial charge in [-0.2, -0.15) is 0 Å². The topological polar surface area (TPSA) is 92.7 Å². The first-order valence-corrected chi connectivity index (χ1v) is 8.13. The maximum absolute atomic E-state index is 12.4. The Hall–Kier alpha value is -1.44. The molecule has 0 amide bonds. The molecule has 0 radical (unpaired) electrons. The predicted molar refractivity (Wildman–Crippen MR) is 78.6 cm³/mol. The summed E-state index contributed by atoms with van der Waals surface area (Å²) in [6, 6.07) is 4.17. The molecule has 0 aliphatic rings. The van der Waals surface area contributed by atoms with Crippen molar-refractivity contribution in [2.45, 2.75) is 37.6 Å². The molecule has 1 aromatic rings. The number of rotatable bonds is 7. The highest BCUT2D eigenvalue weighted by Crippen LogP contribution is 2.20. The van der Waals surface area contributed by atoms with Gasteiger partial charge in [0.05, 0.1) is 17.6 Å². The van der Waals surface area contributed by atoms with E-state index in [-0.39, 0.29) is 23.1 Å². The molecule has 2 N–H and O–H groups in total. The summed E-state index contributed by atoms with van der Waals surface area (Å²) in [6.07, 6.45) is 1.05. The Morgan fingerprint density at radius 2 is 2.10 bits per heavy atom. The van der Waals surface area contributed by atoms with Gasteiger partial charge in [0.15, 0.2) is 0 Å². The van der Waals surface area contributed by atoms with E-state index in [0.717, 1.165) is 0 Å². The zero-order chi connectivity index (χ0) is 16.0. The minimum absolute atomic E-state index is 0.0168. The second-order valence-electron chi connectivity index (χ2n) is 4.81. The quantitative estimate of drug-likeness (QED) is 0.738. The van der Waals surface area contributed by atoms with Crippen LogP contribution in [0.25, 0.3) is 0 Å². The second-order valence-corrected chi connectivity index (χ2v) is 6.49. The number of carbonyl (C=O) groups excluding carboxylic acids is 1. The van der Waals surface area contributed by atoms with Crippen molar-refractivity contribution in [3.8, 4) is 0 Å². The SMILES string of the molecule is COC(=O)c1cccc(S(=O)(=O)N[C@H](C)CCCO)c1C. The lowest BCUT2D eigenvalue weighted by atomic mass is 10.1. The van der Waals surface area contributed by atoms with Crippen molar-refractivity contribution in [3.63, 3.8) is 0 Å². The van der Waals surface area contributed by atoms with Crippen LogP contribution in [-0.2, 0) is 14.8 Å². The van der Waals surface area contributed by atoms with Crippen molar-refractivity contribution in [2.24, 2.45) is 0 Å². The number of hydrogen-bond acceptors (Lipinski definition) is 5. The third-order valence-electron chi connectivity index (χ3n) is 3.13. The van der Waals surface area contributed by atoms with Crippen LogP contribution >= 0.6 is 0 Å². The Kier molecular flexibility index (Phi) is 6.32. The molecule has 0 aliphatic heterocycles. The lowest BCUT2D eigenvalue weighted by Crippen LogP contribution is -2.33. The van der Waals surface area contributed by atoms with E-state index >= 15 is 0 Å². The molecule has 0 bridgehead atoms. The Balaban J connectivity index is 3.06. The van der Waals surface area contributed by atoms with E-state index in [2.05, 4.69) is 9.46 Å². The van der Waals surface area contributed by atoms with Crippen LogP contribution in [0.2, 0.25) is 0 Å². The Morgan fingerprint density at radius 3 is 2.67 bits per heavy atom. The lowest BCUT2D eigenvalue weighted by molar-refractivity contribution is 0.0599. The molecule has 0 heterocycles. The lowest BCUT2D eigenvalue weighted by Gasteiger charge is -2.16. The molecule has 1 aromatic carbocycles. The number of aliphatic hydroxyl groups is 1. The summed E-state index contributed by atoms with van der Waals surface area (Å²) in [5.41, 5.74) is 0.578. The van der Waals surface area contributed by atoms with Crippen LogP contribution in [0.5, 0.6) is 0 Å². The average Bonchev–Trinajstić information content (AvgIpc) is 2.43. The van der Waals surface area contributed by atoms with Gasteiger partial charge in [0.2, 0.25) is 10.0 Å². The number of benzene rings is 1. The van der Waals surface area contributed by atoms with Crippen molar-refractivity contribution in [3.05, 3.63) is 29.3 Å². The van der Waals surface area contributed by atoms with Crippen molar-refractivity contribution in [2.75, 3.05) is 13.7 Å². The summed E-state index contributed by atoms with van der Waals surface area (Å²) < 4.78 is 31.9. The van der Waals surface area contributed by atoms with Crippen molar-refractivity contribution >= 4 is 16.0 Å². The molecular weight excluding hydrogens is 294 g/mol. The maximum atomic E-state index is 12.4. The van der Waals surface area contributed by atoms with E-state index < -0.39 is 16.0 Å². The van der Waals surface area contributed by atoms with Crippen LogP contribution in [0.15, 0.2) is 23.1 Å². The number of nitrogens with one attached hydrogen (secondary N) is 1. The summed E-state index contributed by atoms with van der Waals surface area (Å²) in [6.45, 7) is 3.31. The fourth-order valence-electron chi connectivity index (χ4n) is 2.02. The summed E-state index contributed by atoms with van der Waals surface area (Å²) >= 11 is 0. The van der Waals surface area contributed by atoms with E-state index in [4.69, 9.17) is 5.11 Å². The van der Waals surface area contributed by atoms with Crippen molar-refractivity contribution in [1.29, 1.82) is 0 Å². The molecule has 21 heavy (non-hydrogen) atoms. The Labute approximate surface area is 125 Å². The summed E-state index contributed by atoms with van der Waals surface area (Å²) in [5, 5.41) is 8.77. The van der Waals surface area contributed by atoms with Gasteiger partial charge in [-0.3, -0.25) is 0 Å². The molecule has 0 saturated heterocycles. The number of hydrogen-bond donors (Lipinski definition) is 2. The highest BCUT2D eigenvalue weighted by Gasteiger charge is 2.22. The van der Waals surface area contributed by atoms with Gasteiger partial charge in [0.1, 0.15) is 0 Å². The molecule has 0 unspecified atom stereocenters. The fourth-order valence-corrected chi connectivity index (χ4v) is 3.57. The van der Waals surface area contributed by atoms with Gasteiger partial charge in [0.25, 0.3) is 0 Å². The first-order valence-electron chi connectivity index (χ1n) is 6.64. The molecule has 1 atom stereocenters. The van der Waals surface area contributed by atoms with Crippen molar-refractivity contribution in [1.82, 2.24) is 4.72 Å². The maximum Gasteiger partial charge on any atom is 0.338 e. The molecule has 0 saturated carbocycles. The first kappa shape index (κ1) is 17.6. The van der Waals surface area contributed by atoms with Gasteiger partial charge >= 0.3 is 5.97 Å². The first-order chi connectivity index (χ1) is 9.83. The Morgan fingerprint density at radius 1 is 1.43 bits per heavy atom. The number of sulfonamides is 1. The van der Waals surface area contributed by atoms with Gasteiger partial charge in [-0.1, -0.05) is 6.07 Å². The Bertz CT molecular complexity index is 597. The largest absolute Gasteiger partial charge is 0.465 e. The van der Waals surface area contributed by atoms with E-state index in [1.165, 1.54) is 25.3 Å². The molecule has 0 aliphatic carbocycles. The molecule has 6 nitrogen and oxygen atoms in total. The third kappa shape index (κ3) is 4.52. The van der Waals surface area contributed by atoms with Crippen LogP contribution in [-0.4, -0.2) is 39.3 Å². The van der Waals surface area contributed by atoms with Gasteiger partial charge < -0.3 is 9.84 Å².